The lowest BCUT2D eigenvalue weighted by molar-refractivity contribution is -0.125. The van der Waals surface area contributed by atoms with Crippen LogP contribution in [0.4, 0.5) is 4.39 Å². The molecule has 0 bridgehead atoms. The van der Waals surface area contributed by atoms with Crippen LogP contribution in [-0.2, 0) is 20.8 Å². The van der Waals surface area contributed by atoms with Gasteiger partial charge in [0, 0.05) is 18.5 Å². The topological polar surface area (TPSA) is 115 Å². The Morgan fingerprint density at radius 3 is 2.78 bits per heavy atom. The zero-order chi connectivity index (χ0) is 23.3. The molecule has 2 unspecified atom stereocenters. The number of aliphatic hydroxyl groups excluding tert-OH is 1. The van der Waals surface area contributed by atoms with Gasteiger partial charge in [0.2, 0.25) is 5.91 Å². The van der Waals surface area contributed by atoms with Gasteiger partial charge in [-0.15, -0.1) is 0 Å². The number of carbonyl (C=O) groups is 2. The third-order valence-electron chi connectivity index (χ3n) is 5.24. The number of fused-ring (bicyclic) bond motifs is 1. The first-order chi connectivity index (χ1) is 15.2. The molecule has 3 N–H and O–H groups in total. The summed E-state index contributed by atoms with van der Waals surface area (Å²) in [7, 11) is 0. The maximum atomic E-state index is 14.7. The quantitative estimate of drug-likeness (QED) is 0.522. The van der Waals surface area contributed by atoms with Crippen LogP contribution in [0.25, 0.3) is 10.9 Å². The van der Waals surface area contributed by atoms with E-state index in [1.807, 2.05) is 20.8 Å². The average Bonchev–Trinajstić information content (AvgIpc) is 3.11. The number of nitrogens with one attached hydrogen (secondary N) is 2. The van der Waals surface area contributed by atoms with Crippen molar-refractivity contribution in [2.75, 3.05) is 33.0 Å². The molecule has 1 saturated heterocycles. The number of hydrogen-bond acceptors (Lipinski definition) is 6. The zero-order valence-electron chi connectivity index (χ0n) is 18.7. The van der Waals surface area contributed by atoms with Crippen LogP contribution < -0.4 is 10.6 Å². The highest BCUT2D eigenvalue weighted by Gasteiger charge is 2.34. The first-order valence-corrected chi connectivity index (χ1v) is 10.8. The molecular weight excluding hydrogens is 419 g/mol. The lowest BCUT2D eigenvalue weighted by Crippen LogP contribution is -2.53. The van der Waals surface area contributed by atoms with Crippen LogP contribution in [0.2, 0.25) is 0 Å². The summed E-state index contributed by atoms with van der Waals surface area (Å²) in [5.74, 6) is -1.43. The first kappa shape index (κ1) is 24.1. The molecule has 1 fully saturated rings. The van der Waals surface area contributed by atoms with Gasteiger partial charge in [-0.25, -0.2) is 4.39 Å². The van der Waals surface area contributed by atoms with E-state index in [1.165, 1.54) is 16.8 Å². The molecule has 176 valence electrons. The van der Waals surface area contributed by atoms with Crippen molar-refractivity contribution < 1.29 is 28.6 Å². The molecule has 2 atom stereocenters. The molecule has 2 heterocycles. The third kappa shape index (κ3) is 5.62. The van der Waals surface area contributed by atoms with Crippen molar-refractivity contribution in [3.63, 3.8) is 0 Å². The molecule has 0 saturated carbocycles. The summed E-state index contributed by atoms with van der Waals surface area (Å²) in [5.41, 5.74) is -0.351. The van der Waals surface area contributed by atoms with Crippen molar-refractivity contribution >= 4 is 22.7 Å². The highest BCUT2D eigenvalue weighted by molar-refractivity contribution is 6.06. The minimum Gasteiger partial charge on any atom is -0.396 e. The fourth-order valence-electron chi connectivity index (χ4n) is 3.60. The predicted molar refractivity (Wildman–Crippen MR) is 116 cm³/mol. The molecule has 1 aliphatic heterocycles. The molecule has 2 aromatic rings. The van der Waals surface area contributed by atoms with Crippen molar-refractivity contribution in [3.05, 3.63) is 29.7 Å². The van der Waals surface area contributed by atoms with E-state index in [4.69, 9.17) is 14.6 Å². The first-order valence-electron chi connectivity index (χ1n) is 10.8. The molecule has 0 radical (unpaired) electrons. The number of aromatic nitrogens is 2. The second-order valence-corrected chi connectivity index (χ2v) is 8.88. The molecule has 1 aromatic heterocycles. The van der Waals surface area contributed by atoms with E-state index in [9.17, 15) is 14.0 Å². The molecule has 0 spiro atoms. The Balaban J connectivity index is 1.87. The summed E-state index contributed by atoms with van der Waals surface area (Å²) in [6.07, 6.45) is 0.111. The van der Waals surface area contributed by atoms with Crippen LogP contribution in [0.5, 0.6) is 0 Å². The van der Waals surface area contributed by atoms with E-state index in [1.54, 1.807) is 6.07 Å². The van der Waals surface area contributed by atoms with Gasteiger partial charge in [0.05, 0.1) is 26.4 Å². The normalized spacial score (nSPS) is 17.8. The van der Waals surface area contributed by atoms with Crippen LogP contribution in [0, 0.1) is 11.2 Å². The number of halogens is 1. The Morgan fingerprint density at radius 2 is 2.12 bits per heavy atom. The van der Waals surface area contributed by atoms with Gasteiger partial charge in [-0.05, 0) is 17.9 Å². The van der Waals surface area contributed by atoms with Crippen molar-refractivity contribution in [3.8, 4) is 0 Å². The Hall–Kier alpha value is -2.56. The SMILES string of the molecule is CC(C)(C)C(NC(=O)c1nn(CC2COCCO2)c2c(F)cccc12)C(=O)NCCCO. The number of nitrogens with zero attached hydrogens (tertiary/aromatic N) is 2. The van der Waals surface area contributed by atoms with E-state index in [-0.39, 0.29) is 36.4 Å². The molecule has 2 amide bonds. The number of para-hydroxylation sites is 1. The van der Waals surface area contributed by atoms with Crippen molar-refractivity contribution in [1.29, 1.82) is 0 Å². The maximum Gasteiger partial charge on any atom is 0.273 e. The molecule has 10 heteroatoms. The van der Waals surface area contributed by atoms with Crippen LogP contribution in [0.15, 0.2) is 18.2 Å². The summed E-state index contributed by atoms with van der Waals surface area (Å²) in [6.45, 7) is 7.29. The molecule has 1 aromatic carbocycles. The lowest BCUT2D eigenvalue weighted by Gasteiger charge is -2.30. The maximum absolute atomic E-state index is 14.7. The monoisotopic (exact) mass is 450 g/mol. The largest absolute Gasteiger partial charge is 0.396 e. The van der Waals surface area contributed by atoms with Crippen LogP contribution >= 0.6 is 0 Å². The van der Waals surface area contributed by atoms with Gasteiger partial charge in [-0.3, -0.25) is 14.3 Å². The number of amides is 2. The fourth-order valence-corrected chi connectivity index (χ4v) is 3.60. The molecule has 32 heavy (non-hydrogen) atoms. The van der Waals surface area contributed by atoms with Crippen LogP contribution in [0.3, 0.4) is 0 Å². The third-order valence-corrected chi connectivity index (χ3v) is 5.24. The van der Waals surface area contributed by atoms with E-state index >= 15 is 0 Å². The van der Waals surface area contributed by atoms with Gasteiger partial charge in [0.1, 0.15) is 23.5 Å². The molecule has 3 rings (SSSR count). The average molecular weight is 451 g/mol. The Kier molecular flexibility index (Phi) is 7.81. The van der Waals surface area contributed by atoms with Gasteiger partial charge in [0.15, 0.2) is 5.69 Å². The standard InChI is InChI=1S/C22H31FN4O5/c1-22(2,3)19(21(30)24-8-5-9-28)25-20(29)17-15-6-4-7-16(23)18(15)27(26-17)12-14-13-31-10-11-32-14/h4,6-7,14,19,28H,5,8-13H2,1-3H3,(H,24,30)(H,25,29). The van der Waals surface area contributed by atoms with E-state index in [2.05, 4.69) is 15.7 Å². The van der Waals surface area contributed by atoms with Crippen molar-refractivity contribution in [1.82, 2.24) is 20.4 Å². The van der Waals surface area contributed by atoms with Gasteiger partial charge < -0.3 is 25.2 Å². The zero-order valence-corrected chi connectivity index (χ0v) is 18.7. The summed E-state index contributed by atoms with van der Waals surface area (Å²) < 4.78 is 27.2. The summed E-state index contributed by atoms with van der Waals surface area (Å²) in [6, 6.07) is 3.61. The predicted octanol–water partition coefficient (Wildman–Crippen LogP) is 1.23. The Bertz CT molecular complexity index is 950. The van der Waals surface area contributed by atoms with E-state index in [0.29, 0.717) is 38.2 Å². The molecular formula is C22H31FN4O5. The number of ether oxygens (including phenoxy) is 2. The second kappa shape index (κ2) is 10.4. The lowest BCUT2D eigenvalue weighted by atomic mass is 9.86. The van der Waals surface area contributed by atoms with Crippen molar-refractivity contribution in [2.24, 2.45) is 5.41 Å². The smallest absolute Gasteiger partial charge is 0.273 e. The van der Waals surface area contributed by atoms with Gasteiger partial charge >= 0.3 is 0 Å². The Labute approximate surface area is 186 Å². The minimum atomic E-state index is -0.850. The van der Waals surface area contributed by atoms with Crippen LogP contribution in [-0.4, -0.2) is 71.8 Å². The molecule has 1 aliphatic rings. The van der Waals surface area contributed by atoms with E-state index in [0.717, 1.165) is 0 Å². The number of aliphatic hydroxyl groups is 1. The summed E-state index contributed by atoms with van der Waals surface area (Å²) in [5, 5.41) is 19.2. The highest BCUT2D eigenvalue weighted by Crippen LogP contribution is 2.24. The second-order valence-electron chi connectivity index (χ2n) is 8.88. The summed E-state index contributed by atoms with van der Waals surface area (Å²) in [4.78, 5) is 25.9. The Morgan fingerprint density at radius 1 is 1.34 bits per heavy atom. The van der Waals surface area contributed by atoms with Gasteiger partial charge in [0.25, 0.3) is 5.91 Å². The fraction of sp³-hybridized carbons (Fsp3) is 0.591. The number of hydrogen-bond donors (Lipinski definition) is 3. The molecule has 9 nitrogen and oxygen atoms in total. The van der Waals surface area contributed by atoms with E-state index < -0.39 is 23.2 Å². The highest BCUT2D eigenvalue weighted by atomic mass is 19.1. The van der Waals surface area contributed by atoms with Gasteiger partial charge in [-0.2, -0.15) is 5.10 Å². The number of carbonyl (C=O) groups excluding carboxylic acids is 2. The van der Waals surface area contributed by atoms with Crippen LogP contribution in [0.1, 0.15) is 37.7 Å². The number of rotatable bonds is 8. The van der Waals surface area contributed by atoms with Gasteiger partial charge in [-0.1, -0.05) is 32.9 Å². The summed E-state index contributed by atoms with van der Waals surface area (Å²) >= 11 is 0. The molecule has 0 aliphatic carbocycles. The number of benzene rings is 1. The van der Waals surface area contributed by atoms with Crippen molar-refractivity contribution in [2.45, 2.75) is 45.9 Å². The minimum absolute atomic E-state index is 0.0358.